The van der Waals surface area contributed by atoms with Gasteiger partial charge in [0, 0.05) is 34.2 Å². The number of alkyl carbamates (subject to hydrolysis) is 1. The number of halogens is 6. The Bertz CT molecular complexity index is 2140. The molecular weight excluding hydrogens is 845 g/mol. The summed E-state index contributed by atoms with van der Waals surface area (Å²) in [5.74, 6) is -4.55. The Balaban J connectivity index is 1.37. The highest BCUT2D eigenvalue weighted by Crippen LogP contribution is 2.46. The Kier molecular flexibility index (Phi) is 12.9. The normalized spacial score (nSPS) is 28.4. The third-order valence-corrected chi connectivity index (χ3v) is 13.5. The fourth-order valence-corrected chi connectivity index (χ4v) is 9.19. The number of alkyl halides is 5. The molecule has 2 saturated carbocycles. The highest BCUT2D eigenvalue weighted by Gasteiger charge is 2.62. The summed E-state index contributed by atoms with van der Waals surface area (Å²) in [4.78, 5) is 61.5. The van der Waals surface area contributed by atoms with Crippen molar-refractivity contribution in [3.63, 3.8) is 0 Å². The second kappa shape index (κ2) is 17.1. The topological polar surface area (TPSA) is 182 Å². The van der Waals surface area contributed by atoms with Crippen LogP contribution in [0.1, 0.15) is 72.6 Å². The van der Waals surface area contributed by atoms with Crippen LogP contribution in [0, 0.1) is 17.8 Å². The van der Waals surface area contributed by atoms with E-state index in [-0.39, 0.29) is 42.1 Å². The van der Waals surface area contributed by atoms with Crippen LogP contribution >= 0.6 is 11.6 Å². The number of sulfonamides is 1. The number of amides is 4. The molecule has 1 aromatic carbocycles. The van der Waals surface area contributed by atoms with E-state index in [4.69, 9.17) is 25.8 Å². The number of benzene rings is 1. The minimum atomic E-state index is -4.96. The first-order valence-corrected chi connectivity index (χ1v) is 21.5. The number of rotatable bonds is 10. The number of hydrogen-bond donors (Lipinski definition) is 3. The van der Waals surface area contributed by atoms with Crippen LogP contribution < -0.4 is 24.8 Å². The summed E-state index contributed by atoms with van der Waals surface area (Å²) < 4.78 is 112. The molecular formula is C39H47ClF5N5O9S. The van der Waals surface area contributed by atoms with Gasteiger partial charge in [0.15, 0.2) is 6.61 Å². The number of fused-ring (bicyclic) bond motifs is 3. The van der Waals surface area contributed by atoms with Crippen molar-refractivity contribution in [1.29, 1.82) is 0 Å². The van der Waals surface area contributed by atoms with Crippen molar-refractivity contribution in [3.05, 3.63) is 41.4 Å². The first-order chi connectivity index (χ1) is 28.0. The molecule has 2 aliphatic heterocycles. The number of carbonyl (C=O) groups excluding carboxylic acids is 4. The lowest BCUT2D eigenvalue weighted by Crippen LogP contribution is -2.59. The van der Waals surface area contributed by atoms with Crippen molar-refractivity contribution in [2.45, 2.75) is 120 Å². The first-order valence-electron chi connectivity index (χ1n) is 19.6. The molecule has 4 aliphatic rings. The number of aromatic nitrogens is 1. The Morgan fingerprint density at radius 1 is 1.10 bits per heavy atom. The van der Waals surface area contributed by atoms with Crippen LogP contribution in [-0.2, 0) is 29.1 Å². The van der Waals surface area contributed by atoms with Gasteiger partial charge in [0.2, 0.25) is 39.2 Å². The molecule has 4 amide bonds. The van der Waals surface area contributed by atoms with Crippen LogP contribution in [0.3, 0.4) is 0 Å². The summed E-state index contributed by atoms with van der Waals surface area (Å²) in [6, 6.07) is 3.07. The van der Waals surface area contributed by atoms with Crippen LogP contribution in [0.25, 0.3) is 10.8 Å². The van der Waals surface area contributed by atoms with Crippen molar-refractivity contribution in [1.82, 2.24) is 25.2 Å². The summed E-state index contributed by atoms with van der Waals surface area (Å²) in [6.07, 6.45) is -4.99. The Hall–Kier alpha value is -4.46. The van der Waals surface area contributed by atoms with Gasteiger partial charge in [-0.1, -0.05) is 43.7 Å². The molecule has 1 aromatic heterocycles. The molecule has 7 atom stereocenters. The number of nitrogens with zero attached hydrogens (tertiary/aromatic N) is 2. The van der Waals surface area contributed by atoms with E-state index in [2.05, 4.69) is 20.3 Å². The quantitative estimate of drug-likeness (QED) is 0.195. The second-order valence-electron chi connectivity index (χ2n) is 16.6. The van der Waals surface area contributed by atoms with E-state index in [1.54, 1.807) is 25.1 Å². The minimum absolute atomic E-state index is 0.0432. The van der Waals surface area contributed by atoms with E-state index in [0.29, 0.717) is 56.7 Å². The zero-order chi connectivity index (χ0) is 43.9. The molecule has 0 radical (unpaired) electrons. The predicted molar refractivity (Wildman–Crippen MR) is 207 cm³/mol. The molecule has 6 rings (SSSR count). The van der Waals surface area contributed by atoms with Crippen LogP contribution in [0.15, 0.2) is 36.4 Å². The van der Waals surface area contributed by atoms with Crippen LogP contribution in [-0.4, -0.2) is 102 Å². The maximum absolute atomic E-state index is 14.8. The Labute approximate surface area is 348 Å². The largest absolute Gasteiger partial charge is 0.472 e. The highest BCUT2D eigenvalue weighted by molar-refractivity contribution is 7.91. The van der Waals surface area contributed by atoms with Gasteiger partial charge >= 0.3 is 12.3 Å². The first kappa shape index (κ1) is 45.1. The van der Waals surface area contributed by atoms with E-state index >= 15 is 0 Å². The summed E-state index contributed by atoms with van der Waals surface area (Å²) in [5, 5.41) is 5.14. The summed E-state index contributed by atoms with van der Waals surface area (Å²) in [5.41, 5.74) is -4.65. The van der Waals surface area contributed by atoms with E-state index < -0.39 is 99.5 Å². The van der Waals surface area contributed by atoms with E-state index in [1.165, 1.54) is 12.1 Å². The predicted octanol–water partition coefficient (Wildman–Crippen LogP) is 5.81. The maximum Gasteiger partial charge on any atom is 0.427 e. The molecule has 2 aliphatic carbocycles. The molecule has 3 fully saturated rings. The number of allylic oxidation sites excluding steroid dienone is 1. The van der Waals surface area contributed by atoms with E-state index in [9.17, 15) is 49.5 Å². The summed E-state index contributed by atoms with van der Waals surface area (Å²) in [6.45, 7) is 3.45. The zero-order valence-corrected chi connectivity index (χ0v) is 34.8. The zero-order valence-electron chi connectivity index (χ0n) is 33.2. The standard InChI is InChI=1S/C39H47ClF5N5O9S/c1-20-8-5-6-9-22-17-38(22,35(53)49-60(55,56)24-12-13-24)48-32(51)28-15-23(58-33-25-10-7-11-27(40)26(25)16-30(46-33)57-19-29(41)42)18-50(28)34(52)31(21(2)14-20)47-36(54)59-37(3,4)39(43,44)45/h6-7,9-11,16,20-24,28-29,31H,5,8,12-15,17-19H2,1-4H3,(H,47,54)(H,48,51)(H,49,53)/b9-6-/t20-,21+,22+,23+,28-,31-,38+/m0/s1. The van der Waals surface area contributed by atoms with Gasteiger partial charge in [0.25, 0.3) is 12.3 Å². The van der Waals surface area contributed by atoms with Gasteiger partial charge in [-0.05, 0) is 76.3 Å². The van der Waals surface area contributed by atoms with Gasteiger partial charge in [-0.15, -0.1) is 0 Å². The molecule has 1 saturated heterocycles. The number of ether oxygens (including phenoxy) is 3. The van der Waals surface area contributed by atoms with Crippen LogP contribution in [0.4, 0.5) is 26.7 Å². The smallest absolute Gasteiger partial charge is 0.427 e. The average molecular weight is 892 g/mol. The molecule has 60 heavy (non-hydrogen) atoms. The number of pyridine rings is 1. The molecule has 0 bridgehead atoms. The molecule has 0 spiro atoms. The lowest BCUT2D eigenvalue weighted by atomic mass is 9.88. The summed E-state index contributed by atoms with van der Waals surface area (Å²) >= 11 is 6.43. The molecule has 330 valence electrons. The van der Waals surface area contributed by atoms with Crippen molar-refractivity contribution in [3.8, 4) is 11.8 Å². The summed E-state index contributed by atoms with van der Waals surface area (Å²) in [7, 11) is -4.04. The average Bonchev–Trinajstić information content (AvgIpc) is 4.07. The van der Waals surface area contributed by atoms with Crippen molar-refractivity contribution >= 4 is 56.2 Å². The molecule has 3 N–H and O–H groups in total. The molecule has 3 heterocycles. The second-order valence-corrected chi connectivity index (χ2v) is 18.9. The van der Waals surface area contributed by atoms with Gasteiger partial charge in [0.05, 0.1) is 11.8 Å². The van der Waals surface area contributed by atoms with Gasteiger partial charge < -0.3 is 29.7 Å². The Morgan fingerprint density at radius 3 is 2.48 bits per heavy atom. The number of carbonyl (C=O) groups is 4. The Morgan fingerprint density at radius 2 is 1.82 bits per heavy atom. The van der Waals surface area contributed by atoms with Crippen LogP contribution in [0.5, 0.6) is 11.8 Å². The van der Waals surface area contributed by atoms with Gasteiger partial charge in [-0.25, -0.2) is 22.0 Å². The van der Waals surface area contributed by atoms with Crippen molar-refractivity contribution in [2.75, 3.05) is 13.2 Å². The molecule has 14 nitrogen and oxygen atoms in total. The van der Waals surface area contributed by atoms with Crippen LogP contribution in [0.2, 0.25) is 5.02 Å². The van der Waals surface area contributed by atoms with E-state index in [0.717, 1.165) is 4.90 Å². The van der Waals surface area contributed by atoms with Crippen molar-refractivity contribution in [2.24, 2.45) is 17.8 Å². The minimum Gasteiger partial charge on any atom is -0.472 e. The third kappa shape index (κ3) is 10.0. The van der Waals surface area contributed by atoms with Gasteiger partial charge in [0.1, 0.15) is 23.7 Å². The van der Waals surface area contributed by atoms with Gasteiger partial charge in [-0.3, -0.25) is 19.1 Å². The third-order valence-electron chi connectivity index (χ3n) is 11.3. The number of hydrogen-bond acceptors (Lipinski definition) is 10. The maximum atomic E-state index is 14.8. The van der Waals surface area contributed by atoms with Crippen molar-refractivity contribution < 1.29 is 63.8 Å². The molecule has 21 heteroatoms. The van der Waals surface area contributed by atoms with E-state index in [1.807, 2.05) is 13.0 Å². The molecule has 2 aromatic rings. The monoisotopic (exact) mass is 891 g/mol. The fourth-order valence-electron chi connectivity index (χ4n) is 7.60. The molecule has 0 unspecified atom stereocenters. The SMILES string of the molecule is C[C@H]1CC/C=C\[C@@H]2C[C@@]2(C(=O)NS(=O)(=O)C2CC2)NC(=O)[C@@H]2C[C@@H](Oc3nc(OCC(F)F)cc4c(Cl)cccc34)CN2C(=O)[C@@H](NC(=O)OC(C)(C)C(F)(F)F)[C@H](C)C1. The lowest BCUT2D eigenvalue weighted by molar-refractivity contribution is -0.244. The highest BCUT2D eigenvalue weighted by atomic mass is 35.5. The lowest BCUT2D eigenvalue weighted by Gasteiger charge is -2.34. The van der Waals surface area contributed by atoms with Gasteiger partial charge in [-0.2, -0.15) is 18.2 Å². The fraction of sp³-hybridized carbons (Fsp3) is 0.615. The number of nitrogens with one attached hydrogen (secondary N) is 3.